The van der Waals surface area contributed by atoms with E-state index >= 15 is 0 Å². The molecule has 1 N–H and O–H groups in total. The van der Waals surface area contributed by atoms with E-state index in [1.807, 2.05) is 24.0 Å². The van der Waals surface area contributed by atoms with Gasteiger partial charge in [0.15, 0.2) is 5.17 Å². The highest BCUT2D eigenvalue weighted by Gasteiger charge is 2.27. The molecule has 10 heteroatoms. The van der Waals surface area contributed by atoms with Crippen LogP contribution in [0.25, 0.3) is 6.08 Å². The zero-order valence-corrected chi connectivity index (χ0v) is 18.9. The van der Waals surface area contributed by atoms with Crippen LogP contribution in [0, 0.1) is 5.82 Å². The largest absolute Gasteiger partial charge is 0.414 e. The lowest BCUT2D eigenvalue weighted by Crippen LogP contribution is -2.45. The number of halogens is 1. The van der Waals surface area contributed by atoms with Crippen molar-refractivity contribution in [3.63, 3.8) is 0 Å². The van der Waals surface area contributed by atoms with Crippen LogP contribution in [0.3, 0.4) is 0 Å². The van der Waals surface area contributed by atoms with Crippen molar-refractivity contribution in [1.82, 2.24) is 20.2 Å². The Kier molecular flexibility index (Phi) is 8.05. The zero-order valence-electron chi connectivity index (χ0n) is 18.1. The molecule has 1 fully saturated rings. The number of amides is 2. The third-order valence-corrected chi connectivity index (χ3v) is 5.83. The molecule has 1 aromatic rings. The van der Waals surface area contributed by atoms with Gasteiger partial charge in [-0.1, -0.05) is 0 Å². The van der Waals surface area contributed by atoms with E-state index in [0.29, 0.717) is 22.2 Å². The van der Waals surface area contributed by atoms with Gasteiger partial charge in [0.2, 0.25) is 0 Å². The highest BCUT2D eigenvalue weighted by Crippen LogP contribution is 2.33. The van der Waals surface area contributed by atoms with Crippen LogP contribution in [-0.4, -0.2) is 79.3 Å². The molecule has 0 bridgehead atoms. The van der Waals surface area contributed by atoms with Crippen LogP contribution >= 0.6 is 11.8 Å². The third kappa shape index (κ3) is 6.52. The molecule has 1 aromatic carbocycles. The van der Waals surface area contributed by atoms with Crippen LogP contribution in [0.15, 0.2) is 28.1 Å². The number of carbonyl (C=O) groups excluding carboxylic acids is 2. The number of hydrogen-bond acceptors (Lipinski definition) is 7. The van der Waals surface area contributed by atoms with E-state index in [0.717, 1.165) is 45.0 Å². The van der Waals surface area contributed by atoms with E-state index in [4.69, 9.17) is 4.74 Å². The second-order valence-corrected chi connectivity index (χ2v) is 8.71. The number of nitrogens with zero attached hydrogens (tertiary/aromatic N) is 4. The first kappa shape index (κ1) is 23.2. The van der Waals surface area contributed by atoms with Crippen molar-refractivity contribution in [2.45, 2.75) is 19.3 Å². The Hall–Kier alpha value is -2.43. The molecule has 2 heterocycles. The summed E-state index contributed by atoms with van der Waals surface area (Å²) in [6.45, 7) is 2.97. The van der Waals surface area contributed by atoms with Gasteiger partial charge in [-0.05, 0) is 69.9 Å². The van der Waals surface area contributed by atoms with Gasteiger partial charge >= 0.3 is 6.09 Å². The molecule has 0 atom stereocenters. The first-order chi connectivity index (χ1) is 14.8. The Bertz CT molecular complexity index is 884. The Morgan fingerprint density at radius 1 is 1.32 bits per heavy atom. The summed E-state index contributed by atoms with van der Waals surface area (Å²) < 4.78 is 19.3. The van der Waals surface area contributed by atoms with Crippen molar-refractivity contribution >= 4 is 35.0 Å². The predicted octanol–water partition coefficient (Wildman–Crippen LogP) is 2.78. The predicted molar refractivity (Wildman–Crippen MR) is 120 cm³/mol. The van der Waals surface area contributed by atoms with Gasteiger partial charge in [-0.3, -0.25) is 9.80 Å². The highest BCUT2D eigenvalue weighted by atomic mass is 32.2. The number of hydrogen-bond donors (Lipinski definition) is 1. The minimum absolute atomic E-state index is 0.0647. The van der Waals surface area contributed by atoms with Crippen molar-refractivity contribution in [3.8, 4) is 5.75 Å². The van der Waals surface area contributed by atoms with Crippen LogP contribution in [0.2, 0.25) is 0 Å². The fraction of sp³-hybridized carbons (Fsp3) is 0.476. The van der Waals surface area contributed by atoms with Gasteiger partial charge < -0.3 is 14.5 Å². The number of aliphatic imine (C=N–C) groups is 1. The van der Waals surface area contributed by atoms with Crippen LogP contribution in [0.5, 0.6) is 5.75 Å². The van der Waals surface area contributed by atoms with Crippen molar-refractivity contribution in [3.05, 3.63) is 34.5 Å². The van der Waals surface area contributed by atoms with Crippen LogP contribution in [0.1, 0.15) is 24.8 Å². The molecule has 2 aliphatic rings. The summed E-state index contributed by atoms with van der Waals surface area (Å²) in [6, 6.07) is 3.90. The molecule has 2 amide bonds. The summed E-state index contributed by atoms with van der Waals surface area (Å²) >= 11 is 1.25. The van der Waals surface area contributed by atoms with Gasteiger partial charge in [-0.15, -0.1) is 0 Å². The van der Waals surface area contributed by atoms with E-state index < -0.39 is 11.9 Å². The standard InChI is InChI=1S/C21H28FN5O3S/c1-25(2)10-6-11-26(3)21(29)30-17-14-16(22)8-7-15(17)13-18-19(28)24-20(31-18)27-12-5-4-9-23-27/h7-8,13-14,23H,4-6,9-12H2,1-3H3/b18-13-. The molecule has 0 aromatic heterocycles. The molecule has 0 saturated carbocycles. The summed E-state index contributed by atoms with van der Waals surface area (Å²) in [5.74, 6) is -0.829. The number of hydrazine groups is 1. The number of benzene rings is 1. The molecule has 168 valence electrons. The average Bonchev–Trinajstić information content (AvgIpc) is 3.10. The van der Waals surface area contributed by atoms with E-state index in [1.165, 1.54) is 28.8 Å². The Morgan fingerprint density at radius 3 is 2.84 bits per heavy atom. The summed E-state index contributed by atoms with van der Waals surface area (Å²) in [6.07, 6.45) is 3.90. The zero-order chi connectivity index (χ0) is 22.4. The average molecular weight is 450 g/mol. The van der Waals surface area contributed by atoms with Crippen molar-refractivity contribution < 1.29 is 18.7 Å². The highest BCUT2D eigenvalue weighted by molar-refractivity contribution is 8.18. The van der Waals surface area contributed by atoms with E-state index in [9.17, 15) is 14.0 Å². The molecule has 0 spiro atoms. The molecule has 0 unspecified atom stereocenters. The number of rotatable bonds is 6. The summed E-state index contributed by atoms with van der Waals surface area (Å²) in [7, 11) is 5.56. The van der Waals surface area contributed by atoms with E-state index in [2.05, 4.69) is 10.4 Å². The Balaban J connectivity index is 1.70. The maximum absolute atomic E-state index is 13.8. The molecule has 0 aliphatic carbocycles. The molecular weight excluding hydrogens is 421 g/mol. The molecule has 8 nitrogen and oxygen atoms in total. The molecule has 1 saturated heterocycles. The lowest BCUT2D eigenvalue weighted by molar-refractivity contribution is -0.113. The minimum Gasteiger partial charge on any atom is -0.409 e. The summed E-state index contributed by atoms with van der Waals surface area (Å²) in [5.41, 5.74) is 3.66. The van der Waals surface area contributed by atoms with Gasteiger partial charge in [0.05, 0.1) is 4.91 Å². The first-order valence-corrected chi connectivity index (χ1v) is 11.1. The topological polar surface area (TPSA) is 77.5 Å². The minimum atomic E-state index is -0.580. The maximum atomic E-state index is 13.8. The van der Waals surface area contributed by atoms with E-state index in [1.54, 1.807) is 13.1 Å². The van der Waals surface area contributed by atoms with Crippen LogP contribution in [-0.2, 0) is 4.79 Å². The fourth-order valence-electron chi connectivity index (χ4n) is 3.11. The molecule has 31 heavy (non-hydrogen) atoms. The molecule has 3 rings (SSSR count). The summed E-state index contributed by atoms with van der Waals surface area (Å²) in [4.78, 5) is 32.8. The Morgan fingerprint density at radius 2 is 2.13 bits per heavy atom. The SMILES string of the molecule is CN(C)CCCN(C)C(=O)Oc1cc(F)ccc1/C=C1\SC(N2CCCCN2)=NC1=O. The first-order valence-electron chi connectivity index (χ1n) is 10.2. The smallest absolute Gasteiger partial charge is 0.409 e. The third-order valence-electron chi connectivity index (χ3n) is 4.82. The maximum Gasteiger partial charge on any atom is 0.414 e. The van der Waals surface area contributed by atoms with Gasteiger partial charge in [-0.2, -0.15) is 4.99 Å². The van der Waals surface area contributed by atoms with Gasteiger partial charge in [0.1, 0.15) is 11.6 Å². The van der Waals surface area contributed by atoms with Crippen molar-refractivity contribution in [2.75, 3.05) is 47.3 Å². The molecule has 0 radical (unpaired) electrons. The number of amidine groups is 1. The second-order valence-electron chi connectivity index (χ2n) is 7.71. The number of thioether (sulfide) groups is 1. The number of carbonyl (C=O) groups is 2. The quantitative estimate of drug-likeness (QED) is 0.669. The normalized spacial score (nSPS) is 18.0. The fourth-order valence-corrected chi connectivity index (χ4v) is 4.02. The molecular formula is C21H28FN5O3S. The number of ether oxygens (including phenoxy) is 1. The van der Waals surface area contributed by atoms with E-state index in [-0.39, 0.29) is 11.7 Å². The lowest BCUT2D eigenvalue weighted by atomic mass is 10.2. The van der Waals surface area contributed by atoms with Crippen LogP contribution in [0.4, 0.5) is 9.18 Å². The van der Waals surface area contributed by atoms with Crippen molar-refractivity contribution in [1.29, 1.82) is 0 Å². The lowest BCUT2D eigenvalue weighted by Gasteiger charge is -2.28. The van der Waals surface area contributed by atoms with Gasteiger partial charge in [-0.25, -0.2) is 14.6 Å². The summed E-state index contributed by atoms with van der Waals surface area (Å²) in [5, 5.41) is 2.47. The number of nitrogens with one attached hydrogen (secondary N) is 1. The monoisotopic (exact) mass is 449 g/mol. The second kappa shape index (κ2) is 10.7. The van der Waals surface area contributed by atoms with Crippen molar-refractivity contribution in [2.24, 2.45) is 4.99 Å². The van der Waals surface area contributed by atoms with Gasteiger partial charge in [0.25, 0.3) is 5.91 Å². The Labute approximate surface area is 186 Å². The molecule has 2 aliphatic heterocycles. The van der Waals surface area contributed by atoms with Gasteiger partial charge in [0, 0.05) is 38.3 Å². The van der Waals surface area contributed by atoms with Crippen LogP contribution < -0.4 is 10.2 Å².